The molecule has 2 aliphatic rings. The van der Waals surface area contributed by atoms with Crippen LogP contribution in [0.5, 0.6) is 0 Å². The van der Waals surface area contributed by atoms with Crippen LogP contribution < -0.4 is 20.0 Å². The minimum Gasteiger partial charge on any atom is -0.369 e. The normalized spacial score (nSPS) is 14.5. The molecule has 2 aromatic carbocycles. The van der Waals surface area contributed by atoms with Gasteiger partial charge in [0.2, 0.25) is 0 Å². The Hall–Kier alpha value is -5.17. The second kappa shape index (κ2) is 15.7. The van der Waals surface area contributed by atoms with E-state index in [1.54, 1.807) is 24.5 Å². The van der Waals surface area contributed by atoms with E-state index in [9.17, 15) is 24.6 Å². The van der Waals surface area contributed by atoms with Gasteiger partial charge in [-0.05, 0) is 48.5 Å². The van der Waals surface area contributed by atoms with E-state index >= 15 is 0 Å². The van der Waals surface area contributed by atoms with Crippen LogP contribution in [-0.2, 0) is 0 Å². The molecular weight excluding hydrogens is 555 g/mol. The van der Waals surface area contributed by atoms with Crippen molar-refractivity contribution in [2.45, 2.75) is 0 Å². The molecule has 0 atom stereocenters. The molecular formula is C30H33FN8O4. The Morgan fingerprint density at radius 1 is 0.558 bits per heavy atom. The van der Waals surface area contributed by atoms with Gasteiger partial charge < -0.3 is 20.0 Å². The minimum atomic E-state index is -0.570. The highest BCUT2D eigenvalue weighted by Crippen LogP contribution is 2.22. The van der Waals surface area contributed by atoms with Gasteiger partial charge in [0, 0.05) is 118 Å². The molecule has 6 rings (SSSR count). The summed E-state index contributed by atoms with van der Waals surface area (Å²) in [4.78, 5) is 34.7. The lowest BCUT2D eigenvalue weighted by Crippen LogP contribution is -2.46. The number of non-ortho nitro benzene ring substituents is 2. The molecule has 0 bridgehead atoms. The van der Waals surface area contributed by atoms with Gasteiger partial charge in [-0.2, -0.15) is 0 Å². The van der Waals surface area contributed by atoms with E-state index < -0.39 is 10.7 Å². The molecule has 0 spiro atoms. The van der Waals surface area contributed by atoms with Gasteiger partial charge in [0.15, 0.2) is 0 Å². The number of aromatic nitrogens is 2. The zero-order chi connectivity index (χ0) is 30.4. The third-order valence-corrected chi connectivity index (χ3v) is 6.92. The lowest BCUT2D eigenvalue weighted by Gasteiger charge is -2.37. The van der Waals surface area contributed by atoms with Gasteiger partial charge in [-0.3, -0.25) is 30.2 Å². The molecule has 2 aliphatic heterocycles. The number of nitro benzene ring substituents is 2. The highest BCUT2D eigenvalue weighted by molar-refractivity contribution is 5.53. The fraction of sp³-hybridized carbons (Fsp3) is 0.267. The summed E-state index contributed by atoms with van der Waals surface area (Å²) in [5.41, 5.74) is 3.55. The van der Waals surface area contributed by atoms with Crippen LogP contribution in [0.25, 0.3) is 0 Å². The highest BCUT2D eigenvalue weighted by Gasteiger charge is 2.18. The summed E-state index contributed by atoms with van der Waals surface area (Å²) in [6.07, 6.45) is 7.30. The number of piperazine rings is 2. The van der Waals surface area contributed by atoms with Crippen molar-refractivity contribution < 1.29 is 14.2 Å². The van der Waals surface area contributed by atoms with E-state index in [2.05, 4.69) is 42.1 Å². The highest BCUT2D eigenvalue weighted by atomic mass is 19.1. The number of anilines is 3. The molecule has 2 aromatic heterocycles. The Bertz CT molecular complexity index is 1420. The van der Waals surface area contributed by atoms with Crippen LogP contribution in [0.3, 0.4) is 0 Å². The first-order valence-corrected chi connectivity index (χ1v) is 13.8. The van der Waals surface area contributed by atoms with Gasteiger partial charge >= 0.3 is 0 Å². The standard InChI is InChI=1S/C15H16N4O2.C9H13N3.C6H4FNO2/c20-19(21)15-3-1-13(2-4-15)17-9-11-18(12-10-17)14-5-7-16-8-6-14;1-3-10-4-2-9(1)12-7-5-11-6-8-12;7-5-1-3-6(4-2-5)8(9)10/h1-8H,9-12H2;1-4,11H,5-8H2;1-4H. The molecule has 12 nitrogen and oxygen atoms in total. The van der Waals surface area contributed by atoms with E-state index in [0.29, 0.717) is 0 Å². The number of nitro groups is 2. The molecule has 4 aromatic rings. The largest absolute Gasteiger partial charge is 0.369 e. The number of nitrogens with one attached hydrogen (secondary N) is 1. The fourth-order valence-corrected chi connectivity index (χ4v) is 4.60. The number of benzene rings is 2. The first kappa shape index (κ1) is 30.8. The van der Waals surface area contributed by atoms with Gasteiger partial charge in [0.05, 0.1) is 9.85 Å². The topological polar surface area (TPSA) is 134 Å². The summed E-state index contributed by atoms with van der Waals surface area (Å²) in [6, 6.07) is 19.3. The molecule has 0 unspecified atom stereocenters. The molecule has 0 amide bonds. The molecule has 1 N–H and O–H groups in total. The number of nitrogens with zero attached hydrogens (tertiary/aromatic N) is 7. The molecule has 2 fully saturated rings. The average molecular weight is 589 g/mol. The van der Waals surface area contributed by atoms with Crippen LogP contribution in [0, 0.1) is 26.0 Å². The second-order valence-corrected chi connectivity index (χ2v) is 9.63. The van der Waals surface area contributed by atoms with Crippen molar-refractivity contribution in [3.05, 3.63) is 124 Å². The van der Waals surface area contributed by atoms with E-state index in [-0.39, 0.29) is 16.3 Å². The predicted octanol–water partition coefficient (Wildman–Crippen LogP) is 4.54. The van der Waals surface area contributed by atoms with Gasteiger partial charge in [0.1, 0.15) is 5.82 Å². The van der Waals surface area contributed by atoms with Crippen molar-refractivity contribution in [2.75, 3.05) is 67.1 Å². The van der Waals surface area contributed by atoms with E-state index in [4.69, 9.17) is 0 Å². The number of halogens is 1. The third kappa shape index (κ3) is 9.43. The summed E-state index contributed by atoms with van der Waals surface area (Å²) in [5, 5.41) is 24.0. The summed E-state index contributed by atoms with van der Waals surface area (Å²) in [6.45, 7) is 8.04. The molecule has 13 heteroatoms. The molecule has 4 heterocycles. The lowest BCUT2D eigenvalue weighted by atomic mass is 10.2. The van der Waals surface area contributed by atoms with Crippen LogP contribution in [0.15, 0.2) is 97.6 Å². The smallest absolute Gasteiger partial charge is 0.269 e. The quantitative estimate of drug-likeness (QED) is 0.262. The maximum Gasteiger partial charge on any atom is 0.269 e. The van der Waals surface area contributed by atoms with Crippen LogP contribution in [0.1, 0.15) is 0 Å². The third-order valence-electron chi connectivity index (χ3n) is 6.92. The summed E-state index contributed by atoms with van der Waals surface area (Å²) < 4.78 is 12.1. The second-order valence-electron chi connectivity index (χ2n) is 9.63. The predicted molar refractivity (Wildman–Crippen MR) is 164 cm³/mol. The van der Waals surface area contributed by atoms with Crippen molar-refractivity contribution in [1.82, 2.24) is 15.3 Å². The average Bonchev–Trinajstić information content (AvgIpc) is 3.07. The maximum atomic E-state index is 12.1. The van der Waals surface area contributed by atoms with Gasteiger partial charge in [-0.1, -0.05) is 0 Å². The van der Waals surface area contributed by atoms with Crippen LogP contribution in [0.2, 0.25) is 0 Å². The van der Waals surface area contributed by atoms with Crippen molar-refractivity contribution in [2.24, 2.45) is 0 Å². The lowest BCUT2D eigenvalue weighted by molar-refractivity contribution is -0.385. The Labute approximate surface area is 248 Å². The van der Waals surface area contributed by atoms with Crippen molar-refractivity contribution in [3.8, 4) is 0 Å². The SMILES string of the molecule is O=[N+]([O-])c1ccc(F)cc1.O=[N+]([O-])c1ccc(N2CCN(c3ccncc3)CC2)cc1.c1cc(N2CCNCC2)ccn1. The van der Waals surface area contributed by atoms with E-state index in [1.165, 1.54) is 11.4 Å². The summed E-state index contributed by atoms with van der Waals surface area (Å²) in [5.74, 6) is -0.467. The Kier molecular flexibility index (Phi) is 11.3. The Balaban J connectivity index is 0.000000163. The van der Waals surface area contributed by atoms with Crippen LogP contribution >= 0.6 is 0 Å². The summed E-state index contributed by atoms with van der Waals surface area (Å²) >= 11 is 0. The van der Waals surface area contributed by atoms with Gasteiger partial charge in [-0.25, -0.2) is 4.39 Å². The number of hydrogen-bond acceptors (Lipinski definition) is 10. The van der Waals surface area contributed by atoms with Crippen LogP contribution in [-0.4, -0.2) is 72.2 Å². The first-order chi connectivity index (χ1) is 20.9. The minimum absolute atomic E-state index is 0.0959. The number of pyridine rings is 2. The number of rotatable bonds is 5. The van der Waals surface area contributed by atoms with E-state index in [0.717, 1.165) is 82.3 Å². The van der Waals surface area contributed by atoms with E-state index in [1.807, 2.05) is 36.7 Å². The van der Waals surface area contributed by atoms with Gasteiger partial charge in [0.25, 0.3) is 11.4 Å². The maximum absolute atomic E-state index is 12.1. The monoisotopic (exact) mass is 588 g/mol. The molecule has 0 radical (unpaired) electrons. The zero-order valence-electron chi connectivity index (χ0n) is 23.5. The van der Waals surface area contributed by atoms with Crippen molar-refractivity contribution in [3.63, 3.8) is 0 Å². The van der Waals surface area contributed by atoms with Crippen LogP contribution in [0.4, 0.5) is 32.8 Å². The molecule has 0 aliphatic carbocycles. The first-order valence-electron chi connectivity index (χ1n) is 13.8. The van der Waals surface area contributed by atoms with Crippen molar-refractivity contribution in [1.29, 1.82) is 0 Å². The summed E-state index contributed by atoms with van der Waals surface area (Å²) in [7, 11) is 0. The van der Waals surface area contributed by atoms with Gasteiger partial charge in [-0.15, -0.1) is 0 Å². The Morgan fingerprint density at radius 3 is 1.30 bits per heavy atom. The zero-order valence-corrected chi connectivity index (χ0v) is 23.5. The Morgan fingerprint density at radius 2 is 0.907 bits per heavy atom. The fourth-order valence-electron chi connectivity index (χ4n) is 4.60. The molecule has 2 saturated heterocycles. The van der Waals surface area contributed by atoms with Crippen molar-refractivity contribution >= 4 is 28.4 Å². The number of hydrogen-bond donors (Lipinski definition) is 1. The molecule has 224 valence electrons. The molecule has 0 saturated carbocycles. The molecule has 43 heavy (non-hydrogen) atoms.